The molecule has 2 rings (SSSR count). The van der Waals surface area contributed by atoms with Gasteiger partial charge in [-0.2, -0.15) is 0 Å². The fourth-order valence-corrected chi connectivity index (χ4v) is 1.62. The highest BCUT2D eigenvalue weighted by Crippen LogP contribution is 2.36. The zero-order chi connectivity index (χ0) is 9.97. The number of nitrogens with zero attached hydrogens (tertiary/aromatic N) is 1. The zero-order valence-electron chi connectivity index (χ0n) is 8.44. The second kappa shape index (κ2) is 3.96. The average Bonchev–Trinajstić information content (AvgIpc) is 3.02. The summed E-state index contributed by atoms with van der Waals surface area (Å²) in [4.78, 5) is 4.06. The molecule has 14 heavy (non-hydrogen) atoms. The lowest BCUT2D eigenvalue weighted by Crippen LogP contribution is -2.11. The van der Waals surface area contributed by atoms with Crippen molar-refractivity contribution in [3.8, 4) is 5.88 Å². The van der Waals surface area contributed by atoms with Gasteiger partial charge in [0.15, 0.2) is 0 Å². The van der Waals surface area contributed by atoms with Crippen LogP contribution in [0.3, 0.4) is 0 Å². The van der Waals surface area contributed by atoms with Crippen LogP contribution in [0.25, 0.3) is 0 Å². The molecule has 1 atom stereocenters. The number of hydrogen-bond acceptors (Lipinski definition) is 3. The maximum Gasteiger partial charge on any atom is 0.213 e. The van der Waals surface area contributed by atoms with E-state index < -0.39 is 0 Å². The van der Waals surface area contributed by atoms with Crippen LogP contribution < -0.4 is 10.5 Å². The molecule has 0 aromatic carbocycles. The van der Waals surface area contributed by atoms with Crippen molar-refractivity contribution in [3.05, 3.63) is 23.9 Å². The molecule has 76 valence electrons. The Balaban J connectivity index is 2.05. The van der Waals surface area contributed by atoms with Crippen molar-refractivity contribution in [1.82, 2.24) is 4.98 Å². The Morgan fingerprint density at radius 2 is 2.43 bits per heavy atom. The average molecular weight is 192 g/mol. The van der Waals surface area contributed by atoms with Crippen LogP contribution in [0, 0.1) is 5.92 Å². The molecule has 0 bridgehead atoms. The van der Waals surface area contributed by atoms with E-state index in [-0.39, 0.29) is 6.04 Å². The van der Waals surface area contributed by atoms with Gasteiger partial charge in [-0.05, 0) is 24.0 Å². The highest BCUT2D eigenvalue weighted by atomic mass is 16.5. The van der Waals surface area contributed by atoms with Crippen molar-refractivity contribution in [2.75, 3.05) is 7.11 Å². The van der Waals surface area contributed by atoms with Gasteiger partial charge in [-0.3, -0.25) is 0 Å². The molecule has 1 heterocycles. The Labute approximate surface area is 84.3 Å². The SMILES string of the molecule is COc1cc(C(N)CC2CC2)ccn1. The predicted octanol–water partition coefficient (Wildman–Crippen LogP) is 1.89. The molecule has 2 N–H and O–H groups in total. The summed E-state index contributed by atoms with van der Waals surface area (Å²) in [5.74, 6) is 1.50. The van der Waals surface area contributed by atoms with E-state index in [4.69, 9.17) is 10.5 Å². The van der Waals surface area contributed by atoms with Gasteiger partial charge >= 0.3 is 0 Å². The van der Waals surface area contributed by atoms with Crippen molar-refractivity contribution in [1.29, 1.82) is 0 Å². The van der Waals surface area contributed by atoms with Gasteiger partial charge in [-0.15, -0.1) is 0 Å². The normalized spacial score (nSPS) is 17.9. The number of ether oxygens (including phenoxy) is 1. The lowest BCUT2D eigenvalue weighted by Gasteiger charge is -2.11. The van der Waals surface area contributed by atoms with Crippen LogP contribution >= 0.6 is 0 Å². The molecule has 0 amide bonds. The number of pyridine rings is 1. The second-order valence-electron chi connectivity index (χ2n) is 3.92. The van der Waals surface area contributed by atoms with E-state index >= 15 is 0 Å². The van der Waals surface area contributed by atoms with Crippen molar-refractivity contribution < 1.29 is 4.74 Å². The first-order chi connectivity index (χ1) is 6.79. The van der Waals surface area contributed by atoms with Crippen molar-refractivity contribution in [2.45, 2.75) is 25.3 Å². The van der Waals surface area contributed by atoms with Gasteiger partial charge in [0.1, 0.15) is 0 Å². The molecule has 0 spiro atoms. The van der Waals surface area contributed by atoms with E-state index in [2.05, 4.69) is 4.98 Å². The maximum absolute atomic E-state index is 6.08. The second-order valence-corrected chi connectivity index (χ2v) is 3.92. The molecular formula is C11H16N2O. The largest absolute Gasteiger partial charge is 0.481 e. The maximum atomic E-state index is 6.08. The minimum Gasteiger partial charge on any atom is -0.481 e. The lowest BCUT2D eigenvalue weighted by atomic mass is 10.0. The minimum absolute atomic E-state index is 0.138. The quantitative estimate of drug-likeness (QED) is 0.792. The molecule has 1 saturated carbocycles. The fourth-order valence-electron chi connectivity index (χ4n) is 1.62. The molecule has 1 aromatic heterocycles. The zero-order valence-corrected chi connectivity index (χ0v) is 8.44. The third-order valence-electron chi connectivity index (χ3n) is 2.68. The summed E-state index contributed by atoms with van der Waals surface area (Å²) in [6.07, 6.45) is 5.53. The summed E-state index contributed by atoms with van der Waals surface area (Å²) < 4.78 is 5.06. The van der Waals surface area contributed by atoms with Gasteiger partial charge in [-0.25, -0.2) is 4.98 Å². The van der Waals surface area contributed by atoms with Gasteiger partial charge in [0.2, 0.25) is 5.88 Å². The first-order valence-electron chi connectivity index (χ1n) is 5.05. The summed E-state index contributed by atoms with van der Waals surface area (Å²) in [7, 11) is 1.62. The smallest absolute Gasteiger partial charge is 0.213 e. The van der Waals surface area contributed by atoms with Crippen LogP contribution in [-0.2, 0) is 0 Å². The van der Waals surface area contributed by atoms with Crippen LogP contribution in [0.4, 0.5) is 0 Å². The van der Waals surface area contributed by atoms with Gasteiger partial charge in [-0.1, -0.05) is 12.8 Å². The Kier molecular flexibility index (Phi) is 2.68. The highest BCUT2D eigenvalue weighted by Gasteiger charge is 2.24. The summed E-state index contributed by atoms with van der Waals surface area (Å²) in [5.41, 5.74) is 7.20. The highest BCUT2D eigenvalue weighted by molar-refractivity contribution is 5.23. The molecule has 3 heteroatoms. The Hall–Kier alpha value is -1.09. The van der Waals surface area contributed by atoms with Gasteiger partial charge in [0, 0.05) is 18.3 Å². The van der Waals surface area contributed by atoms with Crippen molar-refractivity contribution in [3.63, 3.8) is 0 Å². The Bertz CT molecular complexity index is 310. The lowest BCUT2D eigenvalue weighted by molar-refractivity contribution is 0.396. The Morgan fingerprint density at radius 1 is 1.64 bits per heavy atom. The number of nitrogens with two attached hydrogens (primary N) is 1. The third-order valence-corrected chi connectivity index (χ3v) is 2.68. The van der Waals surface area contributed by atoms with Crippen molar-refractivity contribution in [2.24, 2.45) is 11.7 Å². The van der Waals surface area contributed by atoms with E-state index in [1.165, 1.54) is 12.8 Å². The topological polar surface area (TPSA) is 48.1 Å². The first kappa shape index (κ1) is 9.46. The summed E-state index contributed by atoms with van der Waals surface area (Å²) >= 11 is 0. The van der Waals surface area contributed by atoms with Gasteiger partial charge < -0.3 is 10.5 Å². The van der Waals surface area contributed by atoms with E-state index in [9.17, 15) is 0 Å². The third kappa shape index (κ3) is 2.23. The minimum atomic E-state index is 0.138. The molecule has 1 aromatic rings. The summed E-state index contributed by atoms with van der Waals surface area (Å²) in [6.45, 7) is 0. The summed E-state index contributed by atoms with van der Waals surface area (Å²) in [6, 6.07) is 4.03. The summed E-state index contributed by atoms with van der Waals surface area (Å²) in [5, 5.41) is 0. The monoisotopic (exact) mass is 192 g/mol. The Morgan fingerprint density at radius 3 is 3.07 bits per heavy atom. The molecule has 3 nitrogen and oxygen atoms in total. The van der Waals surface area contributed by atoms with Crippen LogP contribution in [0.2, 0.25) is 0 Å². The van der Waals surface area contributed by atoms with E-state index in [1.807, 2.05) is 12.1 Å². The van der Waals surface area contributed by atoms with E-state index in [0.717, 1.165) is 17.9 Å². The molecule has 0 radical (unpaired) electrons. The number of rotatable bonds is 4. The van der Waals surface area contributed by atoms with Crippen LogP contribution in [0.5, 0.6) is 5.88 Å². The molecule has 1 unspecified atom stereocenters. The molecule has 1 aliphatic carbocycles. The van der Waals surface area contributed by atoms with E-state index in [0.29, 0.717) is 5.88 Å². The molecule has 1 aliphatic rings. The van der Waals surface area contributed by atoms with E-state index in [1.54, 1.807) is 13.3 Å². The molecule has 0 aliphatic heterocycles. The van der Waals surface area contributed by atoms with Gasteiger partial charge in [0.05, 0.1) is 7.11 Å². The first-order valence-corrected chi connectivity index (χ1v) is 5.05. The fraction of sp³-hybridized carbons (Fsp3) is 0.545. The molecule has 1 fully saturated rings. The number of aromatic nitrogens is 1. The number of methoxy groups -OCH3 is 1. The van der Waals surface area contributed by atoms with Gasteiger partial charge in [0.25, 0.3) is 0 Å². The number of hydrogen-bond donors (Lipinski definition) is 1. The molecule has 0 saturated heterocycles. The predicted molar refractivity (Wildman–Crippen MR) is 55.1 cm³/mol. The van der Waals surface area contributed by atoms with Crippen LogP contribution in [-0.4, -0.2) is 12.1 Å². The van der Waals surface area contributed by atoms with Crippen LogP contribution in [0.15, 0.2) is 18.3 Å². The van der Waals surface area contributed by atoms with Crippen molar-refractivity contribution >= 4 is 0 Å². The van der Waals surface area contributed by atoms with Crippen LogP contribution in [0.1, 0.15) is 30.9 Å². The molecular weight excluding hydrogens is 176 g/mol. The standard InChI is InChI=1S/C11H16N2O/c1-14-11-7-9(4-5-13-11)10(12)6-8-2-3-8/h4-5,7-8,10H,2-3,6,12H2,1H3.